The summed E-state index contributed by atoms with van der Waals surface area (Å²) in [5, 5.41) is 6.11. The second-order valence-corrected chi connectivity index (χ2v) is 7.35. The van der Waals surface area contributed by atoms with Crippen molar-refractivity contribution in [3.05, 3.63) is 12.7 Å². The second kappa shape index (κ2) is 9.21. The Balaban J connectivity index is 3.19. The Labute approximate surface area is 147 Å². The highest BCUT2D eigenvalue weighted by atomic mass is 16.2. The van der Waals surface area contributed by atoms with E-state index in [4.69, 9.17) is 0 Å². The highest BCUT2D eigenvalue weighted by molar-refractivity contribution is 5.91. The van der Waals surface area contributed by atoms with E-state index < -0.39 is 5.54 Å². The maximum atomic E-state index is 13.2. The third-order valence-corrected chi connectivity index (χ3v) is 5.42. The number of nitrogens with one attached hydrogen (secondary N) is 2. The van der Waals surface area contributed by atoms with Crippen molar-refractivity contribution in [2.45, 2.75) is 64.5 Å². The zero-order valence-electron chi connectivity index (χ0n) is 16.0. The van der Waals surface area contributed by atoms with Gasteiger partial charge in [-0.1, -0.05) is 19.4 Å². The molecular weight excluding hydrogens is 302 g/mol. The van der Waals surface area contributed by atoms with Gasteiger partial charge in [-0.05, 0) is 52.6 Å². The van der Waals surface area contributed by atoms with E-state index in [2.05, 4.69) is 36.0 Å². The van der Waals surface area contributed by atoms with Gasteiger partial charge >= 0.3 is 0 Å². The maximum Gasteiger partial charge on any atom is 0.246 e. The number of amides is 2. The van der Waals surface area contributed by atoms with Gasteiger partial charge in [-0.15, -0.1) is 6.58 Å². The van der Waals surface area contributed by atoms with Gasteiger partial charge < -0.3 is 15.5 Å². The van der Waals surface area contributed by atoms with Crippen molar-refractivity contribution in [3.8, 4) is 0 Å². The largest absolute Gasteiger partial charge is 0.354 e. The van der Waals surface area contributed by atoms with Crippen LogP contribution in [-0.4, -0.2) is 48.9 Å². The number of unbranched alkanes of at least 4 members (excludes halogenated alkanes) is 1. The van der Waals surface area contributed by atoms with Crippen LogP contribution >= 0.6 is 0 Å². The van der Waals surface area contributed by atoms with Gasteiger partial charge in [-0.25, -0.2) is 0 Å². The van der Waals surface area contributed by atoms with Crippen LogP contribution in [0.4, 0.5) is 0 Å². The van der Waals surface area contributed by atoms with Crippen LogP contribution in [0, 0.1) is 11.8 Å². The summed E-state index contributed by atoms with van der Waals surface area (Å²) >= 11 is 0. The molecule has 0 aromatic rings. The Bertz CT molecular complexity index is 450. The number of hydrogen-bond acceptors (Lipinski definition) is 3. The number of hydrogen-bond donors (Lipinski definition) is 2. The molecule has 0 radical (unpaired) electrons. The predicted octanol–water partition coefficient (Wildman–Crippen LogP) is 2.33. The molecule has 0 heterocycles. The van der Waals surface area contributed by atoms with E-state index >= 15 is 0 Å². The second-order valence-electron chi connectivity index (χ2n) is 7.35. The molecule has 1 rings (SSSR count). The fourth-order valence-electron chi connectivity index (χ4n) is 3.83. The smallest absolute Gasteiger partial charge is 0.246 e. The Morgan fingerprint density at radius 1 is 1.38 bits per heavy atom. The van der Waals surface area contributed by atoms with Crippen LogP contribution in [0.1, 0.15) is 52.9 Å². The average Bonchev–Trinajstić information content (AvgIpc) is 2.53. The van der Waals surface area contributed by atoms with E-state index in [9.17, 15) is 9.59 Å². The summed E-state index contributed by atoms with van der Waals surface area (Å²) < 4.78 is 0. The molecule has 1 saturated carbocycles. The Morgan fingerprint density at radius 2 is 2.04 bits per heavy atom. The van der Waals surface area contributed by atoms with Gasteiger partial charge in [-0.2, -0.15) is 0 Å². The maximum absolute atomic E-state index is 13.2. The third-order valence-electron chi connectivity index (χ3n) is 5.42. The van der Waals surface area contributed by atoms with Gasteiger partial charge in [0.2, 0.25) is 11.8 Å². The van der Waals surface area contributed by atoms with E-state index in [-0.39, 0.29) is 29.7 Å². The summed E-state index contributed by atoms with van der Waals surface area (Å²) in [5.74, 6) is 0.131. The van der Waals surface area contributed by atoms with Gasteiger partial charge in [0.25, 0.3) is 0 Å². The van der Waals surface area contributed by atoms with Crippen LogP contribution in [0.3, 0.4) is 0 Å². The van der Waals surface area contributed by atoms with Crippen molar-refractivity contribution in [2.24, 2.45) is 11.8 Å². The first kappa shape index (κ1) is 20.7. The van der Waals surface area contributed by atoms with E-state index in [1.807, 2.05) is 20.2 Å². The topological polar surface area (TPSA) is 61.4 Å². The van der Waals surface area contributed by atoms with Crippen LogP contribution in [-0.2, 0) is 9.59 Å². The summed E-state index contributed by atoms with van der Waals surface area (Å²) in [6, 6.07) is 0.194. The minimum atomic E-state index is -0.861. The number of rotatable bonds is 8. The van der Waals surface area contributed by atoms with E-state index in [1.54, 1.807) is 0 Å². The fraction of sp³-hybridized carbons (Fsp3) is 0.789. The molecule has 0 aliphatic heterocycles. The number of allylic oxidation sites excluding steroid dienone is 1. The molecular formula is C19H35N3O2. The van der Waals surface area contributed by atoms with E-state index in [1.165, 1.54) is 6.92 Å². The standard InChI is InChI=1S/C19H35N3O2/c1-7-9-12-20-18(24)19(21-15(4)23)13-16(8-2)10-11-17(19)14(3)22(5)6/h8,14,16-17H,2,7,9-13H2,1,3-6H3,(H,20,24)(H,21,23)/t14?,16-,17+,19-/m1/s1. The van der Waals surface area contributed by atoms with Crippen molar-refractivity contribution < 1.29 is 9.59 Å². The zero-order valence-corrected chi connectivity index (χ0v) is 16.0. The molecule has 0 bridgehead atoms. The summed E-state index contributed by atoms with van der Waals surface area (Å²) in [5.41, 5.74) is -0.861. The first-order valence-corrected chi connectivity index (χ1v) is 9.14. The lowest BCUT2D eigenvalue weighted by Crippen LogP contribution is -2.67. The SMILES string of the molecule is C=C[C@@H]1CC[C@@H](C(C)N(C)C)[C@@](NC(C)=O)(C(=O)NCCCC)C1. The van der Waals surface area contributed by atoms with Gasteiger partial charge in [0.15, 0.2) is 0 Å². The Morgan fingerprint density at radius 3 is 2.54 bits per heavy atom. The molecule has 1 fully saturated rings. The van der Waals surface area contributed by atoms with E-state index in [0.717, 1.165) is 25.7 Å². The molecule has 1 aliphatic rings. The quantitative estimate of drug-likeness (QED) is 0.528. The molecule has 2 N–H and O–H groups in total. The molecule has 2 amide bonds. The monoisotopic (exact) mass is 337 g/mol. The number of carbonyl (C=O) groups excluding carboxylic acids is 2. The summed E-state index contributed by atoms with van der Waals surface area (Å²) in [6.07, 6.45) is 6.43. The van der Waals surface area contributed by atoms with E-state index in [0.29, 0.717) is 13.0 Å². The number of carbonyl (C=O) groups is 2. The van der Waals surface area contributed by atoms with Gasteiger partial charge in [0.1, 0.15) is 5.54 Å². The van der Waals surface area contributed by atoms with Crippen molar-refractivity contribution >= 4 is 11.8 Å². The van der Waals surface area contributed by atoms with Crippen molar-refractivity contribution in [2.75, 3.05) is 20.6 Å². The summed E-state index contributed by atoms with van der Waals surface area (Å²) in [4.78, 5) is 27.2. The fourth-order valence-corrected chi connectivity index (χ4v) is 3.83. The van der Waals surface area contributed by atoms with Crippen LogP contribution in [0.2, 0.25) is 0 Å². The third kappa shape index (κ3) is 4.82. The molecule has 0 aromatic carbocycles. The average molecular weight is 338 g/mol. The van der Waals surface area contributed by atoms with Gasteiger partial charge in [-0.3, -0.25) is 9.59 Å². The molecule has 4 atom stereocenters. The van der Waals surface area contributed by atoms with Crippen LogP contribution < -0.4 is 10.6 Å². The van der Waals surface area contributed by atoms with Gasteiger partial charge in [0.05, 0.1) is 0 Å². The molecule has 1 unspecified atom stereocenters. The molecule has 0 aromatic heterocycles. The minimum Gasteiger partial charge on any atom is -0.354 e. The first-order valence-electron chi connectivity index (χ1n) is 9.14. The minimum absolute atomic E-state index is 0.0450. The molecule has 5 nitrogen and oxygen atoms in total. The molecule has 0 saturated heterocycles. The lowest BCUT2D eigenvalue weighted by molar-refractivity contribution is -0.139. The summed E-state index contributed by atoms with van der Waals surface area (Å²) in [7, 11) is 4.05. The van der Waals surface area contributed by atoms with Crippen LogP contribution in [0.25, 0.3) is 0 Å². The lowest BCUT2D eigenvalue weighted by Gasteiger charge is -2.49. The predicted molar refractivity (Wildman–Crippen MR) is 98.6 cm³/mol. The molecule has 1 aliphatic carbocycles. The molecule has 24 heavy (non-hydrogen) atoms. The van der Waals surface area contributed by atoms with Crippen LogP contribution in [0.15, 0.2) is 12.7 Å². The van der Waals surface area contributed by atoms with Crippen molar-refractivity contribution in [1.29, 1.82) is 0 Å². The highest BCUT2D eigenvalue weighted by Gasteiger charge is 2.51. The molecule has 0 spiro atoms. The van der Waals surface area contributed by atoms with Crippen molar-refractivity contribution in [1.82, 2.24) is 15.5 Å². The van der Waals surface area contributed by atoms with Gasteiger partial charge in [0, 0.05) is 25.4 Å². The lowest BCUT2D eigenvalue weighted by atomic mass is 9.65. The number of nitrogens with zero attached hydrogens (tertiary/aromatic N) is 1. The van der Waals surface area contributed by atoms with Crippen molar-refractivity contribution in [3.63, 3.8) is 0 Å². The first-order chi connectivity index (χ1) is 11.3. The summed E-state index contributed by atoms with van der Waals surface area (Å²) in [6.45, 7) is 10.3. The molecule has 5 heteroatoms. The molecule has 138 valence electrons. The zero-order chi connectivity index (χ0) is 18.3. The Kier molecular flexibility index (Phi) is 7.94. The normalized spacial score (nSPS) is 28.2. The highest BCUT2D eigenvalue weighted by Crippen LogP contribution is 2.41. The van der Waals surface area contributed by atoms with Crippen LogP contribution in [0.5, 0.6) is 0 Å². The Hall–Kier alpha value is -1.36.